The molecule has 0 fully saturated rings. The largest absolute Gasteiger partial charge is 0.356 e. The quantitative estimate of drug-likeness (QED) is 0.210. The minimum absolute atomic E-state index is 0.0159. The van der Waals surface area contributed by atoms with Crippen LogP contribution < -0.4 is 5.32 Å². The molecule has 0 aliphatic heterocycles. The van der Waals surface area contributed by atoms with E-state index in [0.29, 0.717) is 6.54 Å². The third kappa shape index (κ3) is 13.9. The van der Waals surface area contributed by atoms with Gasteiger partial charge in [-0.2, -0.15) is 35.3 Å². The van der Waals surface area contributed by atoms with Crippen LogP contribution in [0.1, 0.15) is 87.0 Å². The number of carbonyl (C=O) groups is 4. The Morgan fingerprint density at radius 1 is 0.667 bits per heavy atom. The van der Waals surface area contributed by atoms with Gasteiger partial charge in [0, 0.05) is 12.0 Å². The summed E-state index contributed by atoms with van der Waals surface area (Å²) in [5.74, 6) is 3.23. The van der Waals surface area contributed by atoms with Crippen molar-refractivity contribution in [2.45, 2.75) is 103 Å². The summed E-state index contributed by atoms with van der Waals surface area (Å²) in [5, 5.41) is 3.02. The molecule has 0 radical (unpaired) electrons. The van der Waals surface area contributed by atoms with Crippen molar-refractivity contribution >= 4 is 58.5 Å². The molecule has 0 bridgehead atoms. The van der Waals surface area contributed by atoms with Gasteiger partial charge in [-0.15, -0.1) is 0 Å². The van der Waals surface area contributed by atoms with E-state index in [1.54, 1.807) is 56.1 Å². The third-order valence-corrected chi connectivity index (χ3v) is 10.1. The van der Waals surface area contributed by atoms with Gasteiger partial charge in [0.25, 0.3) is 0 Å². The summed E-state index contributed by atoms with van der Waals surface area (Å²) in [7, 11) is 0. The van der Waals surface area contributed by atoms with E-state index in [2.05, 4.69) is 5.32 Å². The average Bonchev–Trinajstić information content (AvgIpc) is 2.75. The molecule has 0 aliphatic carbocycles. The third-order valence-electron chi connectivity index (χ3n) is 6.04. The molecule has 0 aromatic carbocycles. The van der Waals surface area contributed by atoms with Crippen LogP contribution >= 0.6 is 35.3 Å². The Labute approximate surface area is 214 Å². The van der Waals surface area contributed by atoms with Crippen LogP contribution in [-0.2, 0) is 19.2 Å². The van der Waals surface area contributed by atoms with E-state index in [1.807, 2.05) is 27.7 Å². The van der Waals surface area contributed by atoms with E-state index in [4.69, 9.17) is 0 Å². The highest BCUT2D eigenvalue weighted by Gasteiger charge is 2.36. The van der Waals surface area contributed by atoms with Crippen LogP contribution in [0.15, 0.2) is 0 Å². The fourth-order valence-electron chi connectivity index (χ4n) is 3.43. The normalized spacial score (nSPS) is 15.8. The molecule has 0 rings (SSSR count). The number of carbonyl (C=O) groups excluding carboxylic acids is 4. The van der Waals surface area contributed by atoms with Crippen molar-refractivity contribution in [2.24, 2.45) is 5.41 Å². The SMILES string of the molecule is CCNC(=O)C(CCCSC(C)C(C)=O)(CCCSC(C)C(C)=O)CCCSC(C)C(C)=O. The topological polar surface area (TPSA) is 80.3 Å². The molecule has 3 unspecified atom stereocenters. The maximum absolute atomic E-state index is 13.3. The number of nitrogens with one attached hydrogen (secondary N) is 1. The molecule has 8 heteroatoms. The lowest BCUT2D eigenvalue weighted by molar-refractivity contribution is -0.132. The van der Waals surface area contributed by atoms with Crippen LogP contribution in [0.3, 0.4) is 0 Å². The summed E-state index contributed by atoms with van der Waals surface area (Å²) in [4.78, 5) is 47.9. The molecular formula is C25H45NO4S3. The zero-order valence-corrected chi connectivity index (χ0v) is 24.1. The second-order valence-corrected chi connectivity index (χ2v) is 13.2. The van der Waals surface area contributed by atoms with E-state index in [1.165, 1.54) is 0 Å². The first-order valence-corrected chi connectivity index (χ1v) is 15.3. The van der Waals surface area contributed by atoms with Crippen LogP contribution in [0.25, 0.3) is 0 Å². The highest BCUT2D eigenvalue weighted by atomic mass is 32.2. The Kier molecular flexibility index (Phi) is 17.6. The highest BCUT2D eigenvalue weighted by molar-refractivity contribution is 8.01. The van der Waals surface area contributed by atoms with Crippen LogP contribution in [0.5, 0.6) is 0 Å². The molecule has 5 nitrogen and oxygen atoms in total. The first-order chi connectivity index (χ1) is 15.5. The van der Waals surface area contributed by atoms with Crippen molar-refractivity contribution in [1.29, 1.82) is 0 Å². The van der Waals surface area contributed by atoms with Gasteiger partial charge in [0.05, 0.1) is 15.7 Å². The number of hydrogen-bond acceptors (Lipinski definition) is 7. The Hall–Kier alpha value is -0.470. The summed E-state index contributed by atoms with van der Waals surface area (Å²) in [5.41, 5.74) is -0.448. The van der Waals surface area contributed by atoms with E-state index < -0.39 is 5.41 Å². The molecule has 33 heavy (non-hydrogen) atoms. The van der Waals surface area contributed by atoms with Gasteiger partial charge >= 0.3 is 0 Å². The Balaban J connectivity index is 5.21. The molecule has 1 amide bonds. The van der Waals surface area contributed by atoms with Gasteiger partial charge in [-0.3, -0.25) is 19.2 Å². The van der Waals surface area contributed by atoms with Gasteiger partial charge in [0.1, 0.15) is 17.3 Å². The monoisotopic (exact) mass is 519 g/mol. The molecular weight excluding hydrogens is 474 g/mol. The maximum atomic E-state index is 13.3. The summed E-state index contributed by atoms with van der Waals surface area (Å²) < 4.78 is 0. The molecule has 0 heterocycles. The molecule has 0 aromatic heterocycles. The molecule has 1 N–H and O–H groups in total. The van der Waals surface area contributed by atoms with Gasteiger partial charge < -0.3 is 5.32 Å². The standard InChI is InChI=1S/C25H45NO4S3/c1-8-26-24(30)25(12-9-15-31-21(5)18(2)27,13-10-16-32-22(6)19(3)28)14-11-17-33-23(7)20(4)29/h21-23H,8-17H2,1-7H3,(H,26,30). The Morgan fingerprint density at radius 3 is 1.21 bits per heavy atom. The van der Waals surface area contributed by atoms with Gasteiger partial charge in [0.15, 0.2) is 0 Å². The van der Waals surface area contributed by atoms with Crippen LogP contribution in [-0.4, -0.2) is 62.8 Å². The zero-order valence-electron chi connectivity index (χ0n) is 21.7. The van der Waals surface area contributed by atoms with Crippen molar-refractivity contribution < 1.29 is 19.2 Å². The van der Waals surface area contributed by atoms with Crippen molar-refractivity contribution in [3.63, 3.8) is 0 Å². The van der Waals surface area contributed by atoms with E-state index >= 15 is 0 Å². The summed E-state index contributed by atoms with van der Waals surface area (Å²) in [6.45, 7) is 13.2. The van der Waals surface area contributed by atoms with Crippen molar-refractivity contribution in [3.8, 4) is 0 Å². The fraction of sp³-hybridized carbons (Fsp3) is 0.840. The summed E-state index contributed by atoms with van der Waals surface area (Å²) >= 11 is 4.97. The summed E-state index contributed by atoms with van der Waals surface area (Å²) in [6, 6.07) is 0. The molecule has 3 atom stereocenters. The minimum atomic E-state index is -0.448. The van der Waals surface area contributed by atoms with Crippen molar-refractivity contribution in [2.75, 3.05) is 23.8 Å². The lowest BCUT2D eigenvalue weighted by Crippen LogP contribution is -2.41. The second kappa shape index (κ2) is 17.9. The first-order valence-electron chi connectivity index (χ1n) is 12.1. The second-order valence-electron chi connectivity index (χ2n) is 8.82. The number of Topliss-reactive ketones (excluding diaryl/α,β-unsaturated/α-hetero) is 3. The highest BCUT2D eigenvalue weighted by Crippen LogP contribution is 2.38. The molecule has 0 aliphatic rings. The Morgan fingerprint density at radius 2 is 0.970 bits per heavy atom. The molecule has 0 spiro atoms. The number of hydrogen-bond donors (Lipinski definition) is 1. The van der Waals surface area contributed by atoms with Gasteiger partial charge in [0.2, 0.25) is 5.91 Å². The lowest BCUT2D eigenvalue weighted by atomic mass is 9.74. The van der Waals surface area contributed by atoms with Gasteiger partial charge in [-0.05, 0) is 104 Å². The fourth-order valence-corrected chi connectivity index (χ4v) is 6.13. The van der Waals surface area contributed by atoms with Crippen LogP contribution in [0.2, 0.25) is 0 Å². The van der Waals surface area contributed by atoms with Crippen molar-refractivity contribution in [1.82, 2.24) is 5.32 Å². The Bertz CT molecular complexity index is 557. The number of amides is 1. The number of thioether (sulfide) groups is 3. The lowest BCUT2D eigenvalue weighted by Gasteiger charge is -2.33. The number of rotatable bonds is 20. The maximum Gasteiger partial charge on any atom is 0.226 e. The average molecular weight is 520 g/mol. The van der Waals surface area contributed by atoms with Crippen LogP contribution in [0.4, 0.5) is 0 Å². The van der Waals surface area contributed by atoms with E-state index in [0.717, 1.165) is 55.8 Å². The smallest absolute Gasteiger partial charge is 0.226 e. The van der Waals surface area contributed by atoms with E-state index in [-0.39, 0.29) is 39.0 Å². The minimum Gasteiger partial charge on any atom is -0.356 e. The zero-order chi connectivity index (χ0) is 25.4. The van der Waals surface area contributed by atoms with Gasteiger partial charge in [-0.25, -0.2) is 0 Å². The predicted octanol–water partition coefficient (Wildman–Crippen LogP) is 5.58. The summed E-state index contributed by atoms with van der Waals surface area (Å²) in [6.07, 6.45) is 5.01. The number of ketones is 3. The molecule has 0 saturated heterocycles. The van der Waals surface area contributed by atoms with E-state index in [9.17, 15) is 19.2 Å². The predicted molar refractivity (Wildman–Crippen MR) is 147 cm³/mol. The van der Waals surface area contributed by atoms with Crippen LogP contribution in [0, 0.1) is 5.41 Å². The first kappa shape index (κ1) is 32.5. The van der Waals surface area contributed by atoms with Crippen molar-refractivity contribution in [3.05, 3.63) is 0 Å². The molecule has 0 saturated carbocycles. The van der Waals surface area contributed by atoms with Gasteiger partial charge in [-0.1, -0.05) is 0 Å². The molecule has 192 valence electrons. The molecule has 0 aromatic rings.